The van der Waals surface area contributed by atoms with Gasteiger partial charge in [0.1, 0.15) is 0 Å². The van der Waals surface area contributed by atoms with Crippen molar-refractivity contribution in [2.24, 2.45) is 17.8 Å². The Kier molecular flexibility index (Phi) is 6.99. The van der Waals surface area contributed by atoms with Gasteiger partial charge in [0.05, 0.1) is 5.92 Å². The number of hydrogen-bond acceptors (Lipinski definition) is 2. The molecule has 0 bridgehead atoms. The molecule has 1 aliphatic rings. The lowest BCUT2D eigenvalue weighted by molar-refractivity contribution is -0.142. The highest BCUT2D eigenvalue weighted by Gasteiger charge is 2.27. The van der Waals surface area contributed by atoms with Crippen LogP contribution < -0.4 is 5.32 Å². The number of nitrogens with one attached hydrogen (secondary N) is 1. The normalized spacial score (nSPS) is 23.7. The van der Waals surface area contributed by atoms with Gasteiger partial charge in [0.15, 0.2) is 0 Å². The molecule has 0 radical (unpaired) electrons. The Balaban J connectivity index is 2.42. The van der Waals surface area contributed by atoms with Crippen LogP contribution in [0.4, 0.5) is 4.79 Å². The van der Waals surface area contributed by atoms with Crippen molar-refractivity contribution in [1.29, 1.82) is 0 Å². The molecule has 0 aliphatic heterocycles. The number of carbonyl (C=O) groups excluding carboxylic acids is 1. The van der Waals surface area contributed by atoms with Gasteiger partial charge in [-0.1, -0.05) is 27.2 Å². The summed E-state index contributed by atoms with van der Waals surface area (Å²) in [4.78, 5) is 25.0. The van der Waals surface area contributed by atoms with E-state index in [0.29, 0.717) is 0 Å². The minimum atomic E-state index is -0.851. The average molecular weight is 298 g/mol. The van der Waals surface area contributed by atoms with Crippen molar-refractivity contribution in [3.63, 3.8) is 0 Å². The molecule has 0 aromatic rings. The third-order valence-corrected chi connectivity index (χ3v) is 4.86. The van der Waals surface area contributed by atoms with E-state index < -0.39 is 11.9 Å². The SMILES string of the molecule is CCC1CCC(N(C)C(=O)NCC(C(=O)O)C(C)C)CC1. The predicted molar refractivity (Wildman–Crippen MR) is 83.2 cm³/mol. The zero-order valence-electron chi connectivity index (χ0n) is 13.8. The van der Waals surface area contributed by atoms with Crippen LogP contribution in [0.15, 0.2) is 0 Å². The maximum absolute atomic E-state index is 12.2. The van der Waals surface area contributed by atoms with Crippen molar-refractivity contribution in [3.8, 4) is 0 Å². The number of urea groups is 1. The zero-order chi connectivity index (χ0) is 16.0. The van der Waals surface area contributed by atoms with Gasteiger partial charge in [-0.05, 0) is 37.5 Å². The number of amides is 2. The summed E-state index contributed by atoms with van der Waals surface area (Å²) in [5, 5.41) is 11.9. The van der Waals surface area contributed by atoms with E-state index in [1.54, 1.807) is 4.90 Å². The van der Waals surface area contributed by atoms with Gasteiger partial charge in [0, 0.05) is 19.6 Å². The first-order chi connectivity index (χ1) is 9.86. The summed E-state index contributed by atoms with van der Waals surface area (Å²) in [6.07, 6.45) is 5.69. The molecule has 0 spiro atoms. The zero-order valence-corrected chi connectivity index (χ0v) is 13.8. The molecule has 1 unspecified atom stereocenters. The number of nitrogens with zero attached hydrogens (tertiary/aromatic N) is 1. The minimum absolute atomic E-state index is 0.00750. The number of rotatable bonds is 6. The third kappa shape index (κ3) is 5.21. The van der Waals surface area contributed by atoms with Gasteiger partial charge in [0.2, 0.25) is 0 Å². The quantitative estimate of drug-likeness (QED) is 0.792. The first-order valence-corrected chi connectivity index (χ1v) is 8.10. The molecule has 1 atom stereocenters. The molecule has 1 rings (SSSR count). The summed E-state index contributed by atoms with van der Waals surface area (Å²) >= 11 is 0. The summed E-state index contributed by atoms with van der Waals surface area (Å²) in [7, 11) is 1.82. The van der Waals surface area contributed by atoms with Crippen LogP contribution in [0, 0.1) is 17.8 Å². The minimum Gasteiger partial charge on any atom is -0.481 e. The number of aliphatic carboxylic acids is 1. The van der Waals surface area contributed by atoms with Crippen LogP contribution >= 0.6 is 0 Å². The second kappa shape index (κ2) is 8.25. The molecule has 1 saturated carbocycles. The van der Waals surface area contributed by atoms with Gasteiger partial charge in [-0.2, -0.15) is 0 Å². The van der Waals surface area contributed by atoms with Crippen LogP contribution in [0.2, 0.25) is 0 Å². The van der Waals surface area contributed by atoms with Crippen LogP contribution in [0.25, 0.3) is 0 Å². The van der Waals surface area contributed by atoms with Crippen LogP contribution in [0.5, 0.6) is 0 Å². The average Bonchev–Trinajstić information content (AvgIpc) is 2.45. The molecule has 122 valence electrons. The molecule has 1 aliphatic carbocycles. The predicted octanol–water partition coefficient (Wildman–Crippen LogP) is 2.95. The second-order valence-corrected chi connectivity index (χ2v) is 6.57. The van der Waals surface area contributed by atoms with E-state index in [1.165, 1.54) is 19.3 Å². The molecule has 2 N–H and O–H groups in total. The van der Waals surface area contributed by atoms with Gasteiger partial charge in [-0.15, -0.1) is 0 Å². The molecule has 1 fully saturated rings. The molecular formula is C16H30N2O3. The fraction of sp³-hybridized carbons (Fsp3) is 0.875. The summed E-state index contributed by atoms with van der Waals surface area (Å²) in [5.74, 6) is -0.572. The fourth-order valence-corrected chi connectivity index (χ4v) is 3.04. The summed E-state index contributed by atoms with van der Waals surface area (Å²) in [5.41, 5.74) is 0. The molecular weight excluding hydrogens is 268 g/mol. The van der Waals surface area contributed by atoms with E-state index in [0.717, 1.165) is 18.8 Å². The Morgan fingerprint density at radius 3 is 2.24 bits per heavy atom. The molecule has 5 heteroatoms. The first kappa shape index (κ1) is 17.8. The first-order valence-electron chi connectivity index (χ1n) is 8.10. The monoisotopic (exact) mass is 298 g/mol. The number of carboxylic acid groups (broad SMARTS) is 1. The standard InChI is InChI=1S/C16H30N2O3/c1-5-12-6-8-13(9-7-12)18(4)16(21)17-10-14(11(2)3)15(19)20/h11-14H,5-10H2,1-4H3,(H,17,21)(H,19,20). The van der Waals surface area contributed by atoms with Crippen LogP contribution in [-0.2, 0) is 4.79 Å². The van der Waals surface area contributed by atoms with Crippen LogP contribution in [0.1, 0.15) is 52.9 Å². The van der Waals surface area contributed by atoms with Crippen molar-refractivity contribution in [2.75, 3.05) is 13.6 Å². The molecule has 0 aromatic carbocycles. The molecule has 0 aromatic heterocycles. The molecule has 5 nitrogen and oxygen atoms in total. The Morgan fingerprint density at radius 2 is 1.81 bits per heavy atom. The molecule has 0 saturated heterocycles. The van der Waals surface area contributed by atoms with Gasteiger partial charge >= 0.3 is 12.0 Å². The largest absolute Gasteiger partial charge is 0.481 e. The topological polar surface area (TPSA) is 69.6 Å². The molecule has 2 amide bonds. The lowest BCUT2D eigenvalue weighted by atomic mass is 9.84. The summed E-state index contributed by atoms with van der Waals surface area (Å²) < 4.78 is 0. The smallest absolute Gasteiger partial charge is 0.317 e. The van der Waals surface area contributed by atoms with Crippen LogP contribution in [-0.4, -0.2) is 41.6 Å². The maximum Gasteiger partial charge on any atom is 0.317 e. The molecule has 21 heavy (non-hydrogen) atoms. The Morgan fingerprint density at radius 1 is 1.24 bits per heavy atom. The van der Waals surface area contributed by atoms with Gasteiger partial charge in [-0.3, -0.25) is 4.79 Å². The summed E-state index contributed by atoms with van der Waals surface area (Å²) in [6, 6.07) is 0.136. The van der Waals surface area contributed by atoms with E-state index >= 15 is 0 Å². The van der Waals surface area contributed by atoms with Crippen molar-refractivity contribution < 1.29 is 14.7 Å². The Hall–Kier alpha value is -1.26. The Bertz CT molecular complexity index is 349. The lowest BCUT2D eigenvalue weighted by Gasteiger charge is -2.34. The summed E-state index contributed by atoms with van der Waals surface area (Å²) in [6.45, 7) is 6.14. The molecule has 0 heterocycles. The maximum atomic E-state index is 12.2. The second-order valence-electron chi connectivity index (χ2n) is 6.57. The van der Waals surface area contributed by atoms with E-state index in [-0.39, 0.29) is 24.5 Å². The van der Waals surface area contributed by atoms with Crippen LogP contribution in [0.3, 0.4) is 0 Å². The highest BCUT2D eigenvalue weighted by molar-refractivity contribution is 5.76. The number of carboxylic acids is 1. The lowest BCUT2D eigenvalue weighted by Crippen LogP contribution is -2.47. The van der Waals surface area contributed by atoms with Crippen molar-refractivity contribution in [1.82, 2.24) is 10.2 Å². The van der Waals surface area contributed by atoms with E-state index in [1.807, 2.05) is 20.9 Å². The van der Waals surface area contributed by atoms with Crippen molar-refractivity contribution in [2.45, 2.75) is 58.9 Å². The number of hydrogen-bond donors (Lipinski definition) is 2. The van der Waals surface area contributed by atoms with E-state index in [4.69, 9.17) is 5.11 Å². The van der Waals surface area contributed by atoms with Gasteiger partial charge in [0.25, 0.3) is 0 Å². The number of carbonyl (C=O) groups is 2. The van der Waals surface area contributed by atoms with Crippen molar-refractivity contribution >= 4 is 12.0 Å². The third-order valence-electron chi connectivity index (χ3n) is 4.86. The van der Waals surface area contributed by atoms with E-state index in [2.05, 4.69) is 12.2 Å². The van der Waals surface area contributed by atoms with E-state index in [9.17, 15) is 9.59 Å². The van der Waals surface area contributed by atoms with Gasteiger partial charge < -0.3 is 15.3 Å². The Labute approximate surface area is 128 Å². The van der Waals surface area contributed by atoms with Crippen molar-refractivity contribution in [3.05, 3.63) is 0 Å². The fourth-order valence-electron chi connectivity index (χ4n) is 3.04. The highest BCUT2D eigenvalue weighted by atomic mass is 16.4. The van der Waals surface area contributed by atoms with Gasteiger partial charge in [-0.25, -0.2) is 4.79 Å². The highest BCUT2D eigenvalue weighted by Crippen LogP contribution is 2.28.